The van der Waals surface area contributed by atoms with Gasteiger partial charge in [0.25, 0.3) is 5.56 Å². The number of nitrogens with one attached hydrogen (secondary N) is 1. The summed E-state index contributed by atoms with van der Waals surface area (Å²) in [6.45, 7) is -0.142. The van der Waals surface area contributed by atoms with Gasteiger partial charge >= 0.3 is 0 Å². The lowest BCUT2D eigenvalue weighted by Crippen LogP contribution is -2.27. The van der Waals surface area contributed by atoms with Crippen LogP contribution in [0.5, 0.6) is 0 Å². The van der Waals surface area contributed by atoms with E-state index in [-0.39, 0.29) is 18.0 Å². The van der Waals surface area contributed by atoms with Crippen molar-refractivity contribution in [1.82, 2.24) is 29.8 Å². The Kier molecular flexibility index (Phi) is 4.88. The molecule has 31 heavy (non-hydrogen) atoms. The van der Waals surface area contributed by atoms with E-state index in [0.29, 0.717) is 21.7 Å². The number of amides is 1. The number of hydrogen-bond donors (Lipinski definition) is 1. The van der Waals surface area contributed by atoms with E-state index < -0.39 is 0 Å². The van der Waals surface area contributed by atoms with Crippen LogP contribution in [0.2, 0.25) is 0 Å². The van der Waals surface area contributed by atoms with Crippen molar-refractivity contribution in [3.05, 3.63) is 63.8 Å². The molecule has 5 aromatic rings. The topological polar surface area (TPSA) is 108 Å². The first-order chi connectivity index (χ1) is 15.1. The van der Waals surface area contributed by atoms with Gasteiger partial charge in [0.1, 0.15) is 11.4 Å². The van der Waals surface area contributed by atoms with Crippen molar-refractivity contribution in [2.75, 3.05) is 5.32 Å². The van der Waals surface area contributed by atoms with Crippen LogP contribution in [0.3, 0.4) is 0 Å². The number of tetrazole rings is 1. The molecule has 4 heterocycles. The zero-order chi connectivity index (χ0) is 21.4. The SMILES string of the molecule is Cn1nnnc1-c1cccc(NC(=O)Cn2cnc3scc(-c4cccs4)c3c2=O)c1. The molecule has 0 aliphatic rings. The third-order valence-corrected chi connectivity index (χ3v) is 6.48. The third kappa shape index (κ3) is 3.64. The Morgan fingerprint density at radius 2 is 2.10 bits per heavy atom. The summed E-state index contributed by atoms with van der Waals surface area (Å²) >= 11 is 2.98. The molecular formula is C20H15N7O2S2. The molecule has 0 unspecified atom stereocenters. The van der Waals surface area contributed by atoms with E-state index >= 15 is 0 Å². The Morgan fingerprint density at radius 3 is 2.87 bits per heavy atom. The standard InChI is InChI=1S/C20H15N7O2S2/c1-26-18(23-24-25-26)12-4-2-5-13(8-12)22-16(28)9-27-11-21-19-17(20(27)29)14(10-31-19)15-6-3-7-30-15/h2-8,10-11H,9H2,1H3,(H,22,28). The average molecular weight is 450 g/mol. The van der Waals surface area contributed by atoms with Crippen LogP contribution in [0.4, 0.5) is 5.69 Å². The smallest absolute Gasteiger partial charge is 0.263 e. The second-order valence-corrected chi connectivity index (χ2v) is 8.55. The number of hydrogen-bond acceptors (Lipinski definition) is 8. The first-order valence-electron chi connectivity index (χ1n) is 9.23. The van der Waals surface area contributed by atoms with E-state index in [1.54, 1.807) is 41.3 Å². The van der Waals surface area contributed by atoms with E-state index in [1.165, 1.54) is 22.2 Å². The van der Waals surface area contributed by atoms with Crippen LogP contribution in [-0.2, 0) is 18.4 Å². The Morgan fingerprint density at radius 1 is 1.19 bits per heavy atom. The molecule has 9 nitrogen and oxygen atoms in total. The summed E-state index contributed by atoms with van der Waals surface area (Å²) in [5.74, 6) is 0.255. The van der Waals surface area contributed by atoms with Crippen molar-refractivity contribution in [3.8, 4) is 21.8 Å². The Labute approximate surface area is 183 Å². The lowest BCUT2D eigenvalue weighted by molar-refractivity contribution is -0.116. The van der Waals surface area contributed by atoms with Gasteiger partial charge in [-0.1, -0.05) is 18.2 Å². The molecule has 0 atom stereocenters. The molecule has 0 bridgehead atoms. The molecule has 0 radical (unpaired) electrons. The van der Waals surface area contributed by atoms with Crippen LogP contribution in [0.1, 0.15) is 0 Å². The van der Waals surface area contributed by atoms with Gasteiger partial charge in [-0.25, -0.2) is 9.67 Å². The van der Waals surface area contributed by atoms with Crippen molar-refractivity contribution >= 4 is 44.5 Å². The molecule has 1 aromatic carbocycles. The minimum absolute atomic E-state index is 0.142. The molecule has 11 heteroatoms. The van der Waals surface area contributed by atoms with Crippen LogP contribution in [0.25, 0.3) is 32.0 Å². The number of carbonyl (C=O) groups excluding carboxylic acids is 1. The zero-order valence-corrected chi connectivity index (χ0v) is 17.9. The Hall–Kier alpha value is -3.70. The Balaban J connectivity index is 1.40. The molecule has 0 fully saturated rings. The van der Waals surface area contributed by atoms with Gasteiger partial charge in [-0.3, -0.25) is 14.2 Å². The monoisotopic (exact) mass is 449 g/mol. The molecule has 0 aliphatic carbocycles. The summed E-state index contributed by atoms with van der Waals surface area (Å²) in [4.78, 5) is 31.8. The summed E-state index contributed by atoms with van der Waals surface area (Å²) in [7, 11) is 1.74. The highest BCUT2D eigenvalue weighted by atomic mass is 32.1. The highest BCUT2D eigenvalue weighted by molar-refractivity contribution is 7.18. The van der Waals surface area contributed by atoms with Gasteiger partial charge < -0.3 is 5.32 Å². The summed E-state index contributed by atoms with van der Waals surface area (Å²) in [5, 5.41) is 18.7. The van der Waals surface area contributed by atoms with Crippen molar-refractivity contribution < 1.29 is 4.79 Å². The number of aromatic nitrogens is 6. The summed E-state index contributed by atoms with van der Waals surface area (Å²) in [6.07, 6.45) is 1.42. The molecule has 1 amide bonds. The van der Waals surface area contributed by atoms with Crippen molar-refractivity contribution in [1.29, 1.82) is 0 Å². The summed E-state index contributed by atoms with van der Waals surface area (Å²) < 4.78 is 2.88. The van der Waals surface area contributed by atoms with E-state index in [0.717, 1.165) is 16.0 Å². The molecule has 0 aliphatic heterocycles. The quantitative estimate of drug-likeness (QED) is 0.442. The van der Waals surface area contributed by atoms with Crippen LogP contribution in [0.15, 0.2) is 58.3 Å². The molecular weight excluding hydrogens is 434 g/mol. The summed E-state index contributed by atoms with van der Waals surface area (Å²) in [6, 6.07) is 11.1. The first-order valence-corrected chi connectivity index (χ1v) is 11.0. The zero-order valence-electron chi connectivity index (χ0n) is 16.2. The number of aryl methyl sites for hydroxylation is 1. The van der Waals surface area contributed by atoms with Gasteiger partial charge in [-0.05, 0) is 34.0 Å². The predicted octanol–water partition coefficient (Wildman–Crippen LogP) is 3.02. The number of thiophene rings is 2. The number of carbonyl (C=O) groups is 1. The molecule has 0 saturated carbocycles. The number of fused-ring (bicyclic) bond motifs is 1. The highest BCUT2D eigenvalue weighted by Gasteiger charge is 2.15. The number of benzene rings is 1. The van der Waals surface area contributed by atoms with Crippen LogP contribution in [-0.4, -0.2) is 35.7 Å². The fourth-order valence-corrected chi connectivity index (χ4v) is 4.98. The maximum atomic E-state index is 13.1. The van der Waals surface area contributed by atoms with Crippen LogP contribution in [0, 0.1) is 0 Å². The van der Waals surface area contributed by atoms with Crippen molar-refractivity contribution in [2.24, 2.45) is 7.05 Å². The van der Waals surface area contributed by atoms with Crippen molar-refractivity contribution in [2.45, 2.75) is 6.54 Å². The van der Waals surface area contributed by atoms with Crippen LogP contribution < -0.4 is 10.9 Å². The minimum atomic E-state index is -0.329. The van der Waals surface area contributed by atoms with Gasteiger partial charge in [0, 0.05) is 34.1 Å². The number of nitrogens with zero attached hydrogens (tertiary/aromatic N) is 6. The lowest BCUT2D eigenvalue weighted by Gasteiger charge is -2.09. The molecule has 4 aromatic heterocycles. The van der Waals surface area contributed by atoms with E-state index in [2.05, 4.69) is 25.8 Å². The molecule has 154 valence electrons. The fourth-order valence-electron chi connectivity index (χ4n) is 3.26. The maximum Gasteiger partial charge on any atom is 0.263 e. The normalized spacial score (nSPS) is 11.1. The Bertz CT molecular complexity index is 1450. The molecule has 0 spiro atoms. The lowest BCUT2D eigenvalue weighted by atomic mass is 10.2. The van der Waals surface area contributed by atoms with Gasteiger partial charge in [0.2, 0.25) is 5.91 Å². The predicted molar refractivity (Wildman–Crippen MR) is 120 cm³/mol. The fraction of sp³-hybridized carbons (Fsp3) is 0.100. The average Bonchev–Trinajstić information content (AvgIpc) is 3.50. The molecule has 5 rings (SSSR count). The minimum Gasteiger partial charge on any atom is -0.325 e. The van der Waals surface area contributed by atoms with Gasteiger partial charge in [-0.2, -0.15) is 0 Å². The van der Waals surface area contributed by atoms with Gasteiger partial charge in [-0.15, -0.1) is 27.8 Å². The second-order valence-electron chi connectivity index (χ2n) is 6.74. The third-order valence-electron chi connectivity index (χ3n) is 4.69. The van der Waals surface area contributed by atoms with E-state index in [4.69, 9.17) is 0 Å². The molecule has 1 N–H and O–H groups in total. The molecule has 0 saturated heterocycles. The van der Waals surface area contributed by atoms with Crippen LogP contribution >= 0.6 is 22.7 Å². The largest absolute Gasteiger partial charge is 0.325 e. The second kappa shape index (κ2) is 7.85. The summed E-state index contributed by atoms with van der Waals surface area (Å²) in [5.41, 5.74) is 1.97. The number of anilines is 1. The maximum absolute atomic E-state index is 13.1. The van der Waals surface area contributed by atoms with Crippen molar-refractivity contribution in [3.63, 3.8) is 0 Å². The van der Waals surface area contributed by atoms with E-state index in [1.807, 2.05) is 29.0 Å². The van der Waals surface area contributed by atoms with E-state index in [9.17, 15) is 9.59 Å². The van der Waals surface area contributed by atoms with Gasteiger partial charge in [0.05, 0.1) is 11.7 Å². The van der Waals surface area contributed by atoms with Gasteiger partial charge in [0.15, 0.2) is 5.82 Å². The number of rotatable bonds is 5. The highest BCUT2D eigenvalue weighted by Crippen LogP contribution is 2.33. The first kappa shape index (κ1) is 19.3.